The fourth-order valence-electron chi connectivity index (χ4n) is 2.94. The van der Waals surface area contributed by atoms with Crippen molar-refractivity contribution in [3.63, 3.8) is 0 Å². The molecule has 0 saturated heterocycles. The molecule has 0 aliphatic heterocycles. The molecule has 4 N–H and O–H groups in total. The lowest BCUT2D eigenvalue weighted by Crippen LogP contribution is -2.39. The Bertz CT molecular complexity index is 1290. The summed E-state index contributed by atoms with van der Waals surface area (Å²) in [6, 6.07) is 16.7. The van der Waals surface area contributed by atoms with Crippen molar-refractivity contribution >= 4 is 35.1 Å². The number of alkyl halides is 3. The van der Waals surface area contributed by atoms with E-state index in [9.17, 15) is 32.7 Å². The van der Waals surface area contributed by atoms with E-state index in [0.29, 0.717) is 15.3 Å². The number of nitrogens with one attached hydrogen (secondary N) is 2. The van der Waals surface area contributed by atoms with Gasteiger partial charge in [0.25, 0.3) is 11.8 Å². The van der Waals surface area contributed by atoms with Crippen LogP contribution in [0.1, 0.15) is 31.8 Å². The van der Waals surface area contributed by atoms with Gasteiger partial charge in [-0.25, -0.2) is 9.59 Å². The third-order valence-electron chi connectivity index (χ3n) is 4.76. The Morgan fingerprint density at radius 1 is 1.00 bits per heavy atom. The van der Waals surface area contributed by atoms with Crippen molar-refractivity contribution < 1.29 is 47.3 Å². The van der Waals surface area contributed by atoms with E-state index in [1.165, 1.54) is 14.0 Å². The standard InChI is InChI=1S/C23H22N2O5S.C2HF3O2/c1-14(23(29)30-2)25-22(28)20-18(16-8-4-3-5-9-16)12-19(31-20)21(27)24-13-15-7-6-10-17(26)11-15;3-2(4,5)1(6)7/h3-12,14,26H,13H2,1-2H3,(H,24,27)(H,25,28);(H,6,7). The topological polar surface area (TPSA) is 142 Å². The molecule has 2 aromatic carbocycles. The molecule has 0 saturated carbocycles. The first-order valence-corrected chi connectivity index (χ1v) is 11.6. The van der Waals surface area contributed by atoms with Crippen molar-refractivity contribution in [3.05, 3.63) is 76.0 Å². The van der Waals surface area contributed by atoms with Gasteiger partial charge in [0, 0.05) is 12.1 Å². The average Bonchev–Trinajstić information content (AvgIpc) is 3.33. The SMILES string of the molecule is COC(=O)C(C)NC(=O)c1sc(C(=O)NCc2cccc(O)c2)cc1-c1ccccc1.O=C(O)C(F)(F)F. The van der Waals surface area contributed by atoms with Gasteiger partial charge >= 0.3 is 18.1 Å². The van der Waals surface area contributed by atoms with Crippen molar-refractivity contribution in [3.8, 4) is 16.9 Å². The molecule has 1 heterocycles. The van der Waals surface area contributed by atoms with Crippen LogP contribution >= 0.6 is 11.3 Å². The highest BCUT2D eigenvalue weighted by molar-refractivity contribution is 7.16. The summed E-state index contributed by atoms with van der Waals surface area (Å²) in [5.74, 6) is -4.00. The Hall–Kier alpha value is -4.39. The van der Waals surface area contributed by atoms with Crippen LogP contribution in [0.15, 0.2) is 60.7 Å². The fourth-order valence-corrected chi connectivity index (χ4v) is 3.94. The number of esters is 1. The zero-order valence-corrected chi connectivity index (χ0v) is 20.9. The number of aliphatic carboxylic acids is 1. The quantitative estimate of drug-likeness (QED) is 0.325. The van der Waals surface area contributed by atoms with Gasteiger partial charge in [-0.3, -0.25) is 9.59 Å². The van der Waals surface area contributed by atoms with Crippen LogP contribution in [0.2, 0.25) is 0 Å². The second-order valence-corrected chi connectivity index (χ2v) is 8.65. The molecule has 3 aromatic rings. The number of phenolic OH excluding ortho intramolecular Hbond substituents is 1. The molecule has 3 rings (SSSR count). The monoisotopic (exact) mass is 552 g/mol. The summed E-state index contributed by atoms with van der Waals surface area (Å²) in [6.07, 6.45) is -5.08. The Balaban J connectivity index is 0.000000638. The van der Waals surface area contributed by atoms with E-state index in [0.717, 1.165) is 22.5 Å². The van der Waals surface area contributed by atoms with Gasteiger partial charge < -0.3 is 25.6 Å². The van der Waals surface area contributed by atoms with Crippen LogP contribution in [-0.2, 0) is 20.9 Å². The van der Waals surface area contributed by atoms with Gasteiger partial charge in [-0.15, -0.1) is 11.3 Å². The number of carboxylic acids is 1. The maximum atomic E-state index is 12.9. The molecule has 0 fully saturated rings. The summed E-state index contributed by atoms with van der Waals surface area (Å²) in [5.41, 5.74) is 2.13. The zero-order valence-electron chi connectivity index (χ0n) is 20.0. The molecular formula is C25H23F3N2O7S. The second-order valence-electron chi connectivity index (χ2n) is 7.59. The van der Waals surface area contributed by atoms with Crippen molar-refractivity contribution in [1.82, 2.24) is 10.6 Å². The van der Waals surface area contributed by atoms with Gasteiger partial charge in [-0.1, -0.05) is 42.5 Å². The fraction of sp³-hybridized carbons (Fsp3) is 0.200. The van der Waals surface area contributed by atoms with Crippen LogP contribution in [0, 0.1) is 0 Å². The average molecular weight is 553 g/mol. The number of benzene rings is 2. The van der Waals surface area contributed by atoms with Crippen LogP contribution in [0.3, 0.4) is 0 Å². The number of carbonyl (C=O) groups is 4. The Morgan fingerprint density at radius 2 is 1.63 bits per heavy atom. The minimum atomic E-state index is -5.08. The Kier molecular flexibility index (Phi) is 10.4. The molecule has 0 spiro atoms. The lowest BCUT2D eigenvalue weighted by molar-refractivity contribution is -0.192. The summed E-state index contributed by atoms with van der Waals surface area (Å²) < 4.78 is 36.4. The van der Waals surface area contributed by atoms with E-state index < -0.39 is 30.1 Å². The van der Waals surface area contributed by atoms with Crippen LogP contribution in [0.25, 0.3) is 11.1 Å². The largest absolute Gasteiger partial charge is 0.508 e. The first kappa shape index (κ1) is 29.8. The third-order valence-corrected chi connectivity index (χ3v) is 5.89. The molecule has 0 bridgehead atoms. The number of phenols is 1. The summed E-state index contributed by atoms with van der Waals surface area (Å²) in [5, 5.41) is 22.1. The van der Waals surface area contributed by atoms with E-state index in [2.05, 4.69) is 15.4 Å². The van der Waals surface area contributed by atoms with E-state index in [4.69, 9.17) is 9.90 Å². The molecule has 38 heavy (non-hydrogen) atoms. The van der Waals surface area contributed by atoms with Crippen LogP contribution in [-0.4, -0.2) is 53.3 Å². The maximum Gasteiger partial charge on any atom is 0.490 e. The van der Waals surface area contributed by atoms with Crippen molar-refractivity contribution in [1.29, 1.82) is 0 Å². The van der Waals surface area contributed by atoms with E-state index in [-0.39, 0.29) is 18.2 Å². The first-order valence-electron chi connectivity index (χ1n) is 10.8. The van der Waals surface area contributed by atoms with Crippen molar-refractivity contribution in [2.24, 2.45) is 0 Å². The highest BCUT2D eigenvalue weighted by Crippen LogP contribution is 2.32. The molecule has 0 aliphatic rings. The number of ether oxygens (including phenoxy) is 1. The number of rotatable bonds is 7. The summed E-state index contributed by atoms with van der Waals surface area (Å²) >= 11 is 1.04. The van der Waals surface area contributed by atoms with Crippen molar-refractivity contribution in [2.75, 3.05) is 7.11 Å². The summed E-state index contributed by atoms with van der Waals surface area (Å²) in [4.78, 5) is 46.8. The summed E-state index contributed by atoms with van der Waals surface area (Å²) in [7, 11) is 1.25. The lowest BCUT2D eigenvalue weighted by Gasteiger charge is -2.11. The number of methoxy groups -OCH3 is 1. The van der Waals surface area contributed by atoms with Gasteiger partial charge in [-0.2, -0.15) is 13.2 Å². The Labute approximate surface area is 218 Å². The minimum Gasteiger partial charge on any atom is -0.508 e. The molecule has 1 atom stereocenters. The van der Waals surface area contributed by atoms with Gasteiger partial charge in [0.05, 0.1) is 12.0 Å². The van der Waals surface area contributed by atoms with Gasteiger partial charge in [0.2, 0.25) is 0 Å². The normalized spacial score (nSPS) is 11.4. The van der Waals surface area contributed by atoms with E-state index >= 15 is 0 Å². The van der Waals surface area contributed by atoms with Crippen molar-refractivity contribution in [2.45, 2.75) is 25.7 Å². The molecule has 1 unspecified atom stereocenters. The summed E-state index contributed by atoms with van der Waals surface area (Å²) in [6.45, 7) is 1.76. The lowest BCUT2D eigenvalue weighted by atomic mass is 10.1. The molecule has 2 amide bonds. The predicted molar refractivity (Wildman–Crippen MR) is 132 cm³/mol. The number of carbonyl (C=O) groups excluding carboxylic acids is 3. The zero-order chi connectivity index (χ0) is 28.5. The number of amides is 2. The first-order chi connectivity index (χ1) is 17.8. The molecule has 1 aromatic heterocycles. The second kappa shape index (κ2) is 13.2. The molecular weight excluding hydrogens is 529 g/mol. The molecule has 0 aliphatic carbocycles. The highest BCUT2D eigenvalue weighted by atomic mass is 32.1. The number of aromatic hydroxyl groups is 1. The van der Waals surface area contributed by atoms with E-state index in [1.54, 1.807) is 30.3 Å². The number of hydrogen-bond acceptors (Lipinski definition) is 7. The highest BCUT2D eigenvalue weighted by Gasteiger charge is 2.38. The van der Waals surface area contributed by atoms with Crippen LogP contribution < -0.4 is 10.6 Å². The molecule has 202 valence electrons. The number of thiophene rings is 1. The maximum absolute atomic E-state index is 12.9. The molecule has 0 radical (unpaired) electrons. The third kappa shape index (κ3) is 8.62. The Morgan fingerprint density at radius 3 is 2.18 bits per heavy atom. The van der Waals surface area contributed by atoms with Gasteiger partial charge in [0.1, 0.15) is 16.7 Å². The van der Waals surface area contributed by atoms with E-state index in [1.807, 2.05) is 30.3 Å². The van der Waals surface area contributed by atoms with Gasteiger partial charge in [-0.05, 0) is 36.2 Å². The molecule has 9 nitrogen and oxygen atoms in total. The minimum absolute atomic E-state index is 0.118. The molecule has 13 heteroatoms. The number of halogens is 3. The van der Waals surface area contributed by atoms with Gasteiger partial charge in [0.15, 0.2) is 0 Å². The van der Waals surface area contributed by atoms with Crippen LogP contribution in [0.4, 0.5) is 13.2 Å². The predicted octanol–water partition coefficient (Wildman–Crippen LogP) is 3.98. The van der Waals surface area contributed by atoms with Crippen LogP contribution in [0.5, 0.6) is 5.75 Å². The smallest absolute Gasteiger partial charge is 0.490 e. The number of hydrogen-bond donors (Lipinski definition) is 4. The number of carboxylic acid groups (broad SMARTS) is 1.